The molecule has 1 saturated heterocycles. The molecular weight excluding hydrogens is 334 g/mol. The summed E-state index contributed by atoms with van der Waals surface area (Å²) in [5, 5.41) is 0. The van der Waals surface area contributed by atoms with Crippen molar-refractivity contribution in [1.82, 2.24) is 13.9 Å². The molecule has 25 heavy (non-hydrogen) atoms. The molecule has 1 aliphatic heterocycles. The van der Waals surface area contributed by atoms with Gasteiger partial charge >= 0.3 is 0 Å². The fourth-order valence-corrected chi connectivity index (χ4v) is 4.92. The summed E-state index contributed by atoms with van der Waals surface area (Å²) in [6.45, 7) is 8.36. The molecule has 0 bridgehead atoms. The third-order valence-electron chi connectivity index (χ3n) is 4.95. The molecule has 0 aliphatic carbocycles. The number of rotatable bonds is 5. The van der Waals surface area contributed by atoms with Crippen molar-refractivity contribution in [1.29, 1.82) is 0 Å². The lowest BCUT2D eigenvalue weighted by molar-refractivity contribution is 0.251. The van der Waals surface area contributed by atoms with Crippen LogP contribution in [0.2, 0.25) is 0 Å². The highest BCUT2D eigenvalue weighted by molar-refractivity contribution is 7.89. The second kappa shape index (κ2) is 7.30. The minimum atomic E-state index is -3.37. The summed E-state index contributed by atoms with van der Waals surface area (Å²) in [6, 6.07) is 7.12. The average Bonchev–Trinajstić information content (AvgIpc) is 3.04. The minimum absolute atomic E-state index is 0.397. The number of sulfonamides is 1. The molecule has 0 atom stereocenters. The monoisotopic (exact) mass is 361 g/mol. The first-order valence-electron chi connectivity index (χ1n) is 8.96. The Balaban J connectivity index is 1.63. The molecule has 1 aliphatic rings. The first kappa shape index (κ1) is 18.1. The van der Waals surface area contributed by atoms with Crippen molar-refractivity contribution < 1.29 is 8.42 Å². The number of aryl methyl sites for hydroxylation is 1. The Kier molecular flexibility index (Phi) is 5.29. The van der Waals surface area contributed by atoms with Gasteiger partial charge in [-0.3, -0.25) is 0 Å². The predicted octanol–water partition coefficient (Wildman–Crippen LogP) is 3.42. The first-order chi connectivity index (χ1) is 11.9. The highest BCUT2D eigenvalue weighted by atomic mass is 32.2. The molecule has 5 nitrogen and oxygen atoms in total. The third kappa shape index (κ3) is 3.96. The Hall–Kier alpha value is -1.66. The molecule has 0 amide bonds. The van der Waals surface area contributed by atoms with Gasteiger partial charge in [-0.1, -0.05) is 31.5 Å². The summed E-state index contributed by atoms with van der Waals surface area (Å²) in [4.78, 5) is 4.84. The Bertz CT molecular complexity index is 801. The van der Waals surface area contributed by atoms with Gasteiger partial charge in [0.05, 0.1) is 4.90 Å². The molecule has 136 valence electrons. The van der Waals surface area contributed by atoms with Crippen molar-refractivity contribution >= 4 is 10.0 Å². The normalized spacial score (nSPS) is 17.3. The van der Waals surface area contributed by atoms with Gasteiger partial charge in [0.1, 0.15) is 5.82 Å². The van der Waals surface area contributed by atoms with Crippen LogP contribution in [0.1, 0.15) is 44.0 Å². The lowest BCUT2D eigenvalue weighted by Gasteiger charge is -2.31. The van der Waals surface area contributed by atoms with E-state index in [1.165, 1.54) is 0 Å². The van der Waals surface area contributed by atoms with Crippen LogP contribution >= 0.6 is 0 Å². The Morgan fingerprint density at radius 1 is 1.16 bits per heavy atom. The van der Waals surface area contributed by atoms with Crippen molar-refractivity contribution in [3.8, 4) is 0 Å². The van der Waals surface area contributed by atoms with Crippen LogP contribution in [-0.2, 0) is 16.6 Å². The second-order valence-electron chi connectivity index (χ2n) is 7.25. The number of benzene rings is 1. The Labute approximate surface area is 150 Å². The van der Waals surface area contributed by atoms with Gasteiger partial charge in [0.25, 0.3) is 0 Å². The number of imidazole rings is 1. The number of aromatic nitrogens is 2. The molecule has 1 aromatic heterocycles. The van der Waals surface area contributed by atoms with Crippen LogP contribution in [0.5, 0.6) is 0 Å². The summed E-state index contributed by atoms with van der Waals surface area (Å²) < 4.78 is 29.4. The zero-order valence-corrected chi connectivity index (χ0v) is 16.0. The number of hydrogen-bond acceptors (Lipinski definition) is 3. The van der Waals surface area contributed by atoms with Crippen LogP contribution in [-0.4, -0.2) is 35.4 Å². The molecule has 1 fully saturated rings. The van der Waals surface area contributed by atoms with E-state index >= 15 is 0 Å². The maximum atomic E-state index is 12.8. The molecule has 6 heteroatoms. The summed E-state index contributed by atoms with van der Waals surface area (Å²) in [5.74, 6) is 2.00. The summed E-state index contributed by atoms with van der Waals surface area (Å²) in [7, 11) is -3.37. The summed E-state index contributed by atoms with van der Waals surface area (Å²) >= 11 is 0. The van der Waals surface area contributed by atoms with Crippen molar-refractivity contribution in [3.05, 3.63) is 48.0 Å². The topological polar surface area (TPSA) is 55.2 Å². The number of piperidine rings is 1. The van der Waals surface area contributed by atoms with Crippen molar-refractivity contribution in [2.24, 2.45) is 5.92 Å². The molecule has 1 aromatic carbocycles. The van der Waals surface area contributed by atoms with Crippen LogP contribution in [0, 0.1) is 12.8 Å². The third-order valence-corrected chi connectivity index (χ3v) is 6.86. The van der Waals surface area contributed by atoms with Gasteiger partial charge in [0.2, 0.25) is 10.0 Å². The fraction of sp³-hybridized carbons (Fsp3) is 0.526. The Morgan fingerprint density at radius 3 is 2.40 bits per heavy atom. The predicted molar refractivity (Wildman–Crippen MR) is 99.0 cm³/mol. The minimum Gasteiger partial charge on any atom is -0.334 e. The zero-order chi connectivity index (χ0) is 18.0. The van der Waals surface area contributed by atoms with E-state index in [0.717, 1.165) is 30.8 Å². The van der Waals surface area contributed by atoms with E-state index in [-0.39, 0.29) is 0 Å². The highest BCUT2D eigenvalue weighted by Gasteiger charge is 2.29. The van der Waals surface area contributed by atoms with E-state index in [9.17, 15) is 8.42 Å². The first-order valence-corrected chi connectivity index (χ1v) is 10.4. The molecule has 0 unspecified atom stereocenters. The maximum absolute atomic E-state index is 12.8. The SMILES string of the molecule is Cc1ccc(S(=O)(=O)N2CCC(Cn3ccnc3C(C)C)CC2)cc1. The van der Waals surface area contributed by atoms with Crippen molar-refractivity contribution in [2.45, 2.75) is 51.0 Å². The van der Waals surface area contributed by atoms with Gasteiger partial charge in [-0.15, -0.1) is 0 Å². The lowest BCUT2D eigenvalue weighted by atomic mass is 9.98. The summed E-state index contributed by atoms with van der Waals surface area (Å²) in [5.41, 5.74) is 1.07. The van der Waals surface area contributed by atoms with Crippen LogP contribution in [0.15, 0.2) is 41.6 Å². The van der Waals surface area contributed by atoms with Gasteiger partial charge in [-0.25, -0.2) is 13.4 Å². The van der Waals surface area contributed by atoms with Gasteiger partial charge in [-0.05, 0) is 37.8 Å². The molecular formula is C19H27N3O2S. The van der Waals surface area contributed by atoms with Gasteiger partial charge in [-0.2, -0.15) is 4.31 Å². The van der Waals surface area contributed by atoms with E-state index < -0.39 is 10.0 Å². The molecule has 2 heterocycles. The maximum Gasteiger partial charge on any atom is 0.243 e. The van der Waals surface area contributed by atoms with E-state index in [4.69, 9.17) is 0 Å². The van der Waals surface area contributed by atoms with Gasteiger partial charge < -0.3 is 4.57 Å². The highest BCUT2D eigenvalue weighted by Crippen LogP contribution is 2.26. The molecule has 0 spiro atoms. The van der Waals surface area contributed by atoms with Crippen molar-refractivity contribution in [3.63, 3.8) is 0 Å². The van der Waals surface area contributed by atoms with E-state index in [0.29, 0.717) is 29.8 Å². The van der Waals surface area contributed by atoms with Crippen LogP contribution in [0.3, 0.4) is 0 Å². The second-order valence-corrected chi connectivity index (χ2v) is 9.19. The van der Waals surface area contributed by atoms with E-state index in [1.807, 2.05) is 31.5 Å². The van der Waals surface area contributed by atoms with Crippen molar-refractivity contribution in [2.75, 3.05) is 13.1 Å². The van der Waals surface area contributed by atoms with Crippen LogP contribution < -0.4 is 0 Å². The average molecular weight is 362 g/mol. The molecule has 3 rings (SSSR count). The quantitative estimate of drug-likeness (QED) is 0.820. The smallest absolute Gasteiger partial charge is 0.243 e. The summed E-state index contributed by atoms with van der Waals surface area (Å²) in [6.07, 6.45) is 5.67. The molecule has 0 radical (unpaired) electrons. The van der Waals surface area contributed by atoms with Gasteiger partial charge in [0, 0.05) is 37.9 Å². The zero-order valence-electron chi connectivity index (χ0n) is 15.2. The Morgan fingerprint density at radius 2 is 1.80 bits per heavy atom. The fourth-order valence-electron chi connectivity index (χ4n) is 3.45. The van der Waals surface area contributed by atoms with E-state index in [2.05, 4.69) is 23.4 Å². The standard InChI is InChI=1S/C19H27N3O2S/c1-15(2)19-20-10-13-21(19)14-17-8-11-22(12-9-17)25(23,24)18-6-4-16(3)5-7-18/h4-7,10,13,15,17H,8-9,11-12,14H2,1-3H3. The molecule has 0 N–H and O–H groups in total. The van der Waals surface area contributed by atoms with E-state index in [1.54, 1.807) is 16.4 Å². The molecule has 0 saturated carbocycles. The number of nitrogens with zero attached hydrogens (tertiary/aromatic N) is 3. The largest absolute Gasteiger partial charge is 0.334 e. The van der Waals surface area contributed by atoms with Gasteiger partial charge in [0.15, 0.2) is 0 Å². The molecule has 2 aromatic rings. The lowest BCUT2D eigenvalue weighted by Crippen LogP contribution is -2.39. The number of hydrogen-bond donors (Lipinski definition) is 0. The van der Waals surface area contributed by atoms with Crippen LogP contribution in [0.25, 0.3) is 0 Å². The van der Waals surface area contributed by atoms with Crippen LogP contribution in [0.4, 0.5) is 0 Å².